The van der Waals surface area contributed by atoms with Crippen LogP contribution in [0.15, 0.2) is 6.20 Å². The van der Waals surface area contributed by atoms with E-state index < -0.39 is 0 Å². The predicted molar refractivity (Wildman–Crippen MR) is 52.2 cm³/mol. The second kappa shape index (κ2) is 4.25. The van der Waals surface area contributed by atoms with Gasteiger partial charge in [-0.3, -0.25) is 0 Å². The first-order valence-corrected chi connectivity index (χ1v) is 5.02. The van der Waals surface area contributed by atoms with Gasteiger partial charge in [-0.15, -0.1) is 11.3 Å². The second-order valence-corrected chi connectivity index (χ2v) is 4.96. The molecule has 1 rings (SSSR count). The monoisotopic (exact) mass is 268 g/mol. The molecule has 0 saturated heterocycles. The van der Waals surface area contributed by atoms with Gasteiger partial charge < -0.3 is 5.73 Å². The Morgan fingerprint density at radius 3 is 3.00 bits per heavy atom. The van der Waals surface area contributed by atoms with Crippen LogP contribution in [0.4, 0.5) is 0 Å². The van der Waals surface area contributed by atoms with Gasteiger partial charge in [-0.05, 0) is 35.6 Å². The number of nitrogens with two attached hydrogens (primary N) is 1. The molecule has 0 radical (unpaired) electrons. The van der Waals surface area contributed by atoms with Crippen molar-refractivity contribution in [3.63, 3.8) is 0 Å². The normalized spacial score (nSPS) is 10.2. The van der Waals surface area contributed by atoms with Crippen LogP contribution in [0, 0.1) is 2.88 Å². The number of thiazole rings is 1. The Balaban J connectivity index is 2.42. The quantitative estimate of drug-likeness (QED) is 0.846. The van der Waals surface area contributed by atoms with E-state index in [-0.39, 0.29) is 0 Å². The van der Waals surface area contributed by atoms with Crippen molar-refractivity contribution in [2.75, 3.05) is 6.54 Å². The molecule has 0 aliphatic rings. The largest absolute Gasteiger partial charge is 0.330 e. The average Bonchev–Trinajstić information content (AvgIpc) is 2.31. The van der Waals surface area contributed by atoms with E-state index in [0.717, 1.165) is 19.4 Å². The minimum absolute atomic E-state index is 0.760. The molecule has 0 unspecified atom stereocenters. The molecule has 0 amide bonds. The van der Waals surface area contributed by atoms with Crippen molar-refractivity contribution in [2.45, 2.75) is 12.8 Å². The molecule has 4 heteroatoms. The van der Waals surface area contributed by atoms with Gasteiger partial charge in [0.2, 0.25) is 0 Å². The highest BCUT2D eigenvalue weighted by atomic mass is 127. The molecule has 0 spiro atoms. The highest BCUT2D eigenvalue weighted by Crippen LogP contribution is 2.15. The first-order chi connectivity index (χ1) is 4.83. The molecule has 0 aromatic carbocycles. The van der Waals surface area contributed by atoms with Gasteiger partial charge >= 0.3 is 0 Å². The van der Waals surface area contributed by atoms with Crippen LogP contribution in [0.5, 0.6) is 0 Å². The van der Waals surface area contributed by atoms with Crippen LogP contribution in [0.25, 0.3) is 0 Å². The fourth-order valence-corrected chi connectivity index (χ4v) is 2.24. The Labute approximate surface area is 78.0 Å². The van der Waals surface area contributed by atoms with Gasteiger partial charge in [-0.2, -0.15) is 0 Å². The van der Waals surface area contributed by atoms with Crippen molar-refractivity contribution in [2.24, 2.45) is 5.73 Å². The van der Waals surface area contributed by atoms with Crippen LogP contribution >= 0.6 is 33.9 Å². The summed E-state index contributed by atoms with van der Waals surface area (Å²) in [5.74, 6) is 0. The number of aryl methyl sites for hydroxylation is 1. The lowest BCUT2D eigenvalue weighted by Gasteiger charge is -1.89. The van der Waals surface area contributed by atoms with Gasteiger partial charge in [-0.1, -0.05) is 0 Å². The van der Waals surface area contributed by atoms with E-state index in [9.17, 15) is 0 Å². The maximum Gasteiger partial charge on any atom is 0.0936 e. The first-order valence-electron chi connectivity index (χ1n) is 3.13. The minimum Gasteiger partial charge on any atom is -0.330 e. The van der Waals surface area contributed by atoms with Crippen LogP contribution < -0.4 is 5.73 Å². The van der Waals surface area contributed by atoms with E-state index in [1.54, 1.807) is 11.3 Å². The van der Waals surface area contributed by atoms with Gasteiger partial charge in [0.1, 0.15) is 0 Å². The maximum absolute atomic E-state index is 5.36. The van der Waals surface area contributed by atoms with Gasteiger partial charge in [0.05, 0.1) is 14.1 Å². The summed E-state index contributed by atoms with van der Waals surface area (Å²) in [6, 6.07) is 0. The van der Waals surface area contributed by atoms with E-state index in [2.05, 4.69) is 27.6 Å². The van der Waals surface area contributed by atoms with Crippen molar-refractivity contribution < 1.29 is 0 Å². The summed E-state index contributed by atoms with van der Waals surface area (Å²) in [5, 5.41) is 1.20. The van der Waals surface area contributed by atoms with Crippen molar-refractivity contribution in [1.82, 2.24) is 4.98 Å². The summed E-state index contributed by atoms with van der Waals surface area (Å²) in [6.45, 7) is 0.760. The number of hydrogen-bond acceptors (Lipinski definition) is 3. The molecule has 0 atom stereocenters. The lowest BCUT2D eigenvalue weighted by atomic mass is 10.3. The molecule has 0 aliphatic carbocycles. The minimum atomic E-state index is 0.760. The zero-order chi connectivity index (χ0) is 7.40. The van der Waals surface area contributed by atoms with E-state index in [0.29, 0.717) is 0 Å². The SMILES string of the molecule is NCCCc1ncc(I)s1. The van der Waals surface area contributed by atoms with E-state index in [4.69, 9.17) is 5.73 Å². The van der Waals surface area contributed by atoms with Crippen LogP contribution in [0.3, 0.4) is 0 Å². The summed E-state index contributed by atoms with van der Waals surface area (Å²) < 4.78 is 1.25. The summed E-state index contributed by atoms with van der Waals surface area (Å²) in [4.78, 5) is 4.21. The molecular weight excluding hydrogens is 259 g/mol. The van der Waals surface area contributed by atoms with Crippen LogP contribution in [-0.2, 0) is 6.42 Å². The summed E-state index contributed by atoms with van der Waals surface area (Å²) in [7, 11) is 0. The molecule has 0 fully saturated rings. The second-order valence-electron chi connectivity index (χ2n) is 1.95. The lowest BCUT2D eigenvalue weighted by molar-refractivity contribution is 0.826. The highest BCUT2D eigenvalue weighted by Gasteiger charge is 1.96. The Kier molecular flexibility index (Phi) is 3.58. The molecule has 10 heavy (non-hydrogen) atoms. The van der Waals surface area contributed by atoms with Gasteiger partial charge in [0.15, 0.2) is 0 Å². The Morgan fingerprint density at radius 2 is 2.50 bits per heavy atom. The van der Waals surface area contributed by atoms with Crippen molar-refractivity contribution in [3.8, 4) is 0 Å². The number of nitrogens with zero attached hydrogens (tertiary/aromatic N) is 1. The van der Waals surface area contributed by atoms with Crippen LogP contribution in [0.2, 0.25) is 0 Å². The third-order valence-corrected chi connectivity index (χ3v) is 2.90. The van der Waals surface area contributed by atoms with E-state index >= 15 is 0 Å². The van der Waals surface area contributed by atoms with E-state index in [1.807, 2.05) is 6.20 Å². The van der Waals surface area contributed by atoms with Gasteiger partial charge in [-0.25, -0.2) is 4.98 Å². The third-order valence-electron chi connectivity index (χ3n) is 1.12. The van der Waals surface area contributed by atoms with Crippen molar-refractivity contribution in [1.29, 1.82) is 0 Å². The predicted octanol–water partition coefficient (Wildman–Crippen LogP) is 1.64. The van der Waals surface area contributed by atoms with Gasteiger partial charge in [0, 0.05) is 6.42 Å². The molecule has 56 valence electrons. The fraction of sp³-hybridized carbons (Fsp3) is 0.500. The van der Waals surface area contributed by atoms with E-state index in [1.165, 1.54) is 7.89 Å². The zero-order valence-electron chi connectivity index (χ0n) is 5.51. The van der Waals surface area contributed by atoms with Crippen LogP contribution in [-0.4, -0.2) is 11.5 Å². The zero-order valence-corrected chi connectivity index (χ0v) is 8.48. The number of aromatic nitrogens is 1. The average molecular weight is 268 g/mol. The molecule has 0 saturated carbocycles. The summed E-state index contributed by atoms with van der Waals surface area (Å²) >= 11 is 4.02. The summed E-state index contributed by atoms with van der Waals surface area (Å²) in [6.07, 6.45) is 3.98. The number of rotatable bonds is 3. The standard InChI is InChI=1S/C6H9IN2S/c7-5-4-9-6(10-5)2-1-3-8/h4H,1-3,8H2. The van der Waals surface area contributed by atoms with Crippen LogP contribution in [0.1, 0.15) is 11.4 Å². The van der Waals surface area contributed by atoms with Crippen molar-refractivity contribution in [3.05, 3.63) is 14.1 Å². The molecule has 1 heterocycles. The lowest BCUT2D eigenvalue weighted by Crippen LogP contribution is -1.99. The Morgan fingerprint density at radius 1 is 1.70 bits per heavy atom. The third kappa shape index (κ3) is 2.51. The topological polar surface area (TPSA) is 38.9 Å². The Bertz CT molecular complexity index is 199. The Hall–Kier alpha value is 0.320. The van der Waals surface area contributed by atoms with Crippen molar-refractivity contribution >= 4 is 33.9 Å². The van der Waals surface area contributed by atoms with Gasteiger partial charge in [0.25, 0.3) is 0 Å². The molecule has 0 bridgehead atoms. The maximum atomic E-state index is 5.36. The molecule has 2 nitrogen and oxygen atoms in total. The molecule has 1 aromatic heterocycles. The molecular formula is C6H9IN2S. The molecule has 0 aliphatic heterocycles. The molecule has 2 N–H and O–H groups in total. The molecule has 1 aromatic rings. The highest BCUT2D eigenvalue weighted by molar-refractivity contribution is 14.1. The number of hydrogen-bond donors (Lipinski definition) is 1. The first kappa shape index (κ1) is 8.42. The smallest absolute Gasteiger partial charge is 0.0936 e. The fourth-order valence-electron chi connectivity index (χ4n) is 0.657. The number of halogens is 1. The summed E-state index contributed by atoms with van der Waals surface area (Å²) in [5.41, 5.74) is 5.36.